The number of nitrogens with one attached hydrogen (secondary N) is 1. The molecule has 2 fully saturated rings. The van der Waals surface area contributed by atoms with Crippen LogP contribution in [-0.2, 0) is 4.79 Å². The molecule has 0 radical (unpaired) electrons. The number of aromatic amines is 1. The van der Waals surface area contributed by atoms with E-state index in [1.54, 1.807) is 0 Å². The fourth-order valence-electron chi connectivity index (χ4n) is 2.66. The molecule has 1 aliphatic heterocycles. The van der Waals surface area contributed by atoms with Gasteiger partial charge in [-0.3, -0.25) is 9.69 Å². The summed E-state index contributed by atoms with van der Waals surface area (Å²) in [6.45, 7) is 3.58. The van der Waals surface area contributed by atoms with Gasteiger partial charge in [0.05, 0.1) is 19.3 Å². The molecule has 0 unspecified atom stereocenters. The molecule has 1 saturated heterocycles. The minimum absolute atomic E-state index is 0.333. The maximum absolute atomic E-state index is 12.1. The summed E-state index contributed by atoms with van der Waals surface area (Å²) in [5, 5.41) is 0. The SMILES string of the molecule is O=C(C1CCC1)N1CCN(c2cccc[nH+]2)CC1. The van der Waals surface area contributed by atoms with Gasteiger partial charge in [-0.05, 0) is 18.9 Å². The summed E-state index contributed by atoms with van der Waals surface area (Å²) in [7, 11) is 0. The van der Waals surface area contributed by atoms with Crippen LogP contribution in [0.3, 0.4) is 0 Å². The quantitative estimate of drug-likeness (QED) is 0.779. The number of nitrogens with zero attached hydrogens (tertiary/aromatic N) is 2. The highest BCUT2D eigenvalue weighted by Crippen LogP contribution is 2.28. The Morgan fingerprint density at radius 1 is 1.17 bits per heavy atom. The lowest BCUT2D eigenvalue weighted by Crippen LogP contribution is -2.52. The van der Waals surface area contributed by atoms with E-state index in [4.69, 9.17) is 0 Å². The Hall–Kier alpha value is -1.58. The standard InChI is InChI=1S/C14H19N3O/c18-14(12-4-3-5-12)17-10-8-16(9-11-17)13-6-1-2-7-15-13/h1-2,6-7,12H,3-5,8-11H2/p+1. The second-order valence-electron chi connectivity index (χ2n) is 5.19. The molecule has 2 heterocycles. The molecule has 18 heavy (non-hydrogen) atoms. The molecule has 0 bridgehead atoms. The van der Waals surface area contributed by atoms with Gasteiger partial charge in [-0.1, -0.05) is 12.5 Å². The fourth-order valence-corrected chi connectivity index (χ4v) is 2.66. The van der Waals surface area contributed by atoms with E-state index in [1.807, 2.05) is 23.2 Å². The molecule has 2 aliphatic rings. The number of aromatic nitrogens is 1. The summed E-state index contributed by atoms with van der Waals surface area (Å²) in [5.74, 6) is 1.87. The first-order chi connectivity index (χ1) is 8.84. The first kappa shape index (κ1) is 11.5. The molecule has 1 aliphatic carbocycles. The van der Waals surface area contributed by atoms with Gasteiger partial charge in [0.15, 0.2) is 0 Å². The Balaban J connectivity index is 1.56. The van der Waals surface area contributed by atoms with Crippen molar-refractivity contribution in [1.29, 1.82) is 0 Å². The third kappa shape index (κ3) is 2.19. The van der Waals surface area contributed by atoms with Crippen LogP contribution in [0.1, 0.15) is 19.3 Å². The van der Waals surface area contributed by atoms with Crippen molar-refractivity contribution in [2.24, 2.45) is 5.92 Å². The topological polar surface area (TPSA) is 37.7 Å². The summed E-state index contributed by atoms with van der Waals surface area (Å²) in [6.07, 6.45) is 5.38. The van der Waals surface area contributed by atoms with E-state index in [0.717, 1.165) is 44.8 Å². The number of hydrogen-bond donors (Lipinski definition) is 0. The predicted molar refractivity (Wildman–Crippen MR) is 69.1 cm³/mol. The number of carbonyl (C=O) groups is 1. The number of amides is 1. The second kappa shape index (κ2) is 4.96. The Morgan fingerprint density at radius 3 is 2.50 bits per heavy atom. The number of rotatable bonds is 2. The lowest BCUT2D eigenvalue weighted by Gasteiger charge is -2.35. The molecule has 1 N–H and O–H groups in total. The molecular formula is C14H20N3O+. The van der Waals surface area contributed by atoms with Crippen molar-refractivity contribution in [2.75, 3.05) is 31.1 Å². The second-order valence-corrected chi connectivity index (χ2v) is 5.19. The van der Waals surface area contributed by atoms with Crippen LogP contribution >= 0.6 is 0 Å². The molecule has 1 saturated carbocycles. The number of anilines is 1. The zero-order valence-electron chi connectivity index (χ0n) is 10.6. The van der Waals surface area contributed by atoms with Gasteiger partial charge in [-0.2, -0.15) is 0 Å². The van der Waals surface area contributed by atoms with E-state index in [0.29, 0.717) is 11.8 Å². The van der Waals surface area contributed by atoms with Crippen molar-refractivity contribution in [2.45, 2.75) is 19.3 Å². The van der Waals surface area contributed by atoms with Crippen molar-refractivity contribution in [3.63, 3.8) is 0 Å². The van der Waals surface area contributed by atoms with Crippen LogP contribution in [0, 0.1) is 5.92 Å². The zero-order valence-corrected chi connectivity index (χ0v) is 10.6. The van der Waals surface area contributed by atoms with Crippen molar-refractivity contribution in [1.82, 2.24) is 4.90 Å². The molecule has 0 atom stereocenters. The van der Waals surface area contributed by atoms with Gasteiger partial charge < -0.3 is 4.90 Å². The summed E-state index contributed by atoms with van der Waals surface area (Å²) in [6, 6.07) is 6.11. The average Bonchev–Trinajstić information content (AvgIpc) is 2.38. The van der Waals surface area contributed by atoms with E-state index >= 15 is 0 Å². The first-order valence-electron chi connectivity index (χ1n) is 6.85. The largest absolute Gasteiger partial charge is 0.335 e. The lowest BCUT2D eigenvalue weighted by molar-refractivity contribution is -0.364. The molecule has 1 amide bonds. The van der Waals surface area contributed by atoms with E-state index in [1.165, 1.54) is 6.42 Å². The number of hydrogen-bond acceptors (Lipinski definition) is 2. The van der Waals surface area contributed by atoms with Crippen LogP contribution in [0.25, 0.3) is 0 Å². The van der Waals surface area contributed by atoms with Gasteiger partial charge >= 0.3 is 0 Å². The average molecular weight is 246 g/mol. The van der Waals surface area contributed by atoms with E-state index in [-0.39, 0.29) is 0 Å². The third-order valence-corrected chi connectivity index (χ3v) is 4.08. The van der Waals surface area contributed by atoms with Gasteiger partial charge in [0.25, 0.3) is 5.82 Å². The highest BCUT2D eigenvalue weighted by atomic mass is 16.2. The Bertz CT molecular complexity index is 408. The number of carbonyl (C=O) groups excluding carboxylic acids is 1. The molecule has 96 valence electrons. The van der Waals surface area contributed by atoms with Crippen molar-refractivity contribution < 1.29 is 9.78 Å². The van der Waals surface area contributed by atoms with Gasteiger partial charge in [0.1, 0.15) is 13.1 Å². The Labute approximate surface area is 108 Å². The highest BCUT2D eigenvalue weighted by Gasteiger charge is 2.32. The van der Waals surface area contributed by atoms with Crippen LogP contribution in [0.4, 0.5) is 5.82 Å². The van der Waals surface area contributed by atoms with E-state index in [9.17, 15) is 4.79 Å². The van der Waals surface area contributed by atoms with Crippen molar-refractivity contribution in [3.8, 4) is 0 Å². The smallest absolute Gasteiger partial charge is 0.274 e. The number of H-pyrrole nitrogens is 1. The monoisotopic (exact) mass is 246 g/mol. The summed E-state index contributed by atoms with van der Waals surface area (Å²) in [5.41, 5.74) is 0. The van der Waals surface area contributed by atoms with Crippen molar-refractivity contribution >= 4 is 11.7 Å². The van der Waals surface area contributed by atoms with Gasteiger partial charge in [-0.25, -0.2) is 4.98 Å². The third-order valence-electron chi connectivity index (χ3n) is 4.08. The summed E-state index contributed by atoms with van der Waals surface area (Å²) < 4.78 is 0. The van der Waals surface area contributed by atoms with Crippen LogP contribution in [0.5, 0.6) is 0 Å². The molecule has 4 heteroatoms. The van der Waals surface area contributed by atoms with Crippen LogP contribution in [0.15, 0.2) is 24.4 Å². The zero-order chi connectivity index (χ0) is 12.4. The minimum Gasteiger partial charge on any atom is -0.335 e. The molecule has 4 nitrogen and oxygen atoms in total. The predicted octanol–water partition coefficient (Wildman–Crippen LogP) is 0.949. The first-order valence-corrected chi connectivity index (χ1v) is 6.85. The van der Waals surface area contributed by atoms with Gasteiger partial charge in [0.2, 0.25) is 5.91 Å². The normalized spacial score (nSPS) is 20.7. The molecular weight excluding hydrogens is 226 g/mol. The van der Waals surface area contributed by atoms with Crippen molar-refractivity contribution in [3.05, 3.63) is 24.4 Å². The molecule has 0 spiro atoms. The fraction of sp³-hybridized carbons (Fsp3) is 0.571. The Morgan fingerprint density at radius 2 is 1.94 bits per heavy atom. The molecule has 1 aromatic rings. The van der Waals surface area contributed by atoms with Crippen LogP contribution in [-0.4, -0.2) is 37.0 Å². The summed E-state index contributed by atoms with van der Waals surface area (Å²) in [4.78, 5) is 19.7. The number of piperazine rings is 1. The van der Waals surface area contributed by atoms with Crippen LogP contribution < -0.4 is 9.88 Å². The van der Waals surface area contributed by atoms with E-state index < -0.39 is 0 Å². The van der Waals surface area contributed by atoms with Crippen LogP contribution in [0.2, 0.25) is 0 Å². The van der Waals surface area contributed by atoms with Gasteiger partial charge in [0, 0.05) is 12.0 Å². The maximum Gasteiger partial charge on any atom is 0.274 e. The summed E-state index contributed by atoms with van der Waals surface area (Å²) >= 11 is 0. The molecule has 3 rings (SSSR count). The minimum atomic E-state index is 0.333. The van der Waals surface area contributed by atoms with E-state index in [2.05, 4.69) is 16.0 Å². The molecule has 0 aromatic carbocycles. The number of pyridine rings is 1. The highest BCUT2D eigenvalue weighted by molar-refractivity contribution is 5.79. The Kier molecular flexibility index (Phi) is 3.17. The lowest BCUT2D eigenvalue weighted by atomic mass is 9.84. The van der Waals surface area contributed by atoms with Gasteiger partial charge in [-0.15, -0.1) is 0 Å². The molecule has 1 aromatic heterocycles. The maximum atomic E-state index is 12.1.